The Labute approximate surface area is 225 Å². The van der Waals surface area contributed by atoms with Crippen molar-refractivity contribution < 1.29 is 19.3 Å². The number of nitrogens with zero attached hydrogens (tertiary/aromatic N) is 2. The first-order valence-electron chi connectivity index (χ1n) is 13.0. The summed E-state index contributed by atoms with van der Waals surface area (Å²) in [6.45, 7) is 14.8. The van der Waals surface area contributed by atoms with E-state index in [1.807, 2.05) is 31.2 Å². The van der Waals surface area contributed by atoms with Crippen LogP contribution in [0.1, 0.15) is 64.6 Å². The average Bonchev–Trinajstić information content (AvgIpc) is 3.37. The van der Waals surface area contributed by atoms with Crippen LogP contribution in [-0.4, -0.2) is 52.7 Å². The van der Waals surface area contributed by atoms with Gasteiger partial charge in [0.05, 0.1) is 23.9 Å². The zero-order valence-corrected chi connectivity index (χ0v) is 23.5. The highest BCUT2D eigenvalue weighted by molar-refractivity contribution is 6.30. The summed E-state index contributed by atoms with van der Waals surface area (Å²) in [5.74, 6) is 1.13. The Morgan fingerprint density at radius 1 is 1.16 bits per heavy atom. The molecular formula is C29H40ClN3O4. The van der Waals surface area contributed by atoms with Crippen LogP contribution in [0.2, 0.25) is 5.02 Å². The second kappa shape index (κ2) is 10.9. The Morgan fingerprint density at radius 3 is 2.57 bits per heavy atom. The lowest BCUT2D eigenvalue weighted by molar-refractivity contribution is -0.133. The maximum absolute atomic E-state index is 10.1. The van der Waals surface area contributed by atoms with Gasteiger partial charge in [0, 0.05) is 43.6 Å². The number of aromatic nitrogens is 2. The number of anilines is 1. The molecule has 2 aromatic rings. The van der Waals surface area contributed by atoms with E-state index in [0.717, 1.165) is 22.6 Å². The Balaban J connectivity index is 1.46. The molecule has 4 rings (SSSR count). The molecule has 0 bridgehead atoms. The van der Waals surface area contributed by atoms with Gasteiger partial charge in [-0.1, -0.05) is 45.0 Å². The molecule has 6 atom stereocenters. The maximum Gasteiger partial charge on any atom is 0.218 e. The largest absolute Gasteiger partial charge is 0.474 e. The molecule has 0 amide bonds. The zero-order valence-electron chi connectivity index (χ0n) is 22.8. The number of hydrogen-bond donors (Lipinski definition) is 2. The fraction of sp³-hybridized carbons (Fsp3) is 0.586. The SMILES string of the molecule is C=C(C)C(C)(O[C@H]1C[C@H](Oc2cc(N[C@@H]3c4ccc(Cl)cc4C[C@@H]3OC)ncn2)C[C@H]1CO)C(C)(C)C. The number of nitrogens with one attached hydrogen (secondary N) is 1. The Hall–Kier alpha value is -2.19. The summed E-state index contributed by atoms with van der Waals surface area (Å²) in [6.07, 6.45) is 3.34. The maximum atomic E-state index is 10.1. The molecule has 2 N–H and O–H groups in total. The Bertz CT molecular complexity index is 1120. The number of fused-ring (bicyclic) bond motifs is 1. The van der Waals surface area contributed by atoms with Gasteiger partial charge in [-0.25, -0.2) is 9.97 Å². The van der Waals surface area contributed by atoms with Crippen molar-refractivity contribution >= 4 is 17.4 Å². The third-order valence-corrected chi connectivity index (χ3v) is 8.46. The summed E-state index contributed by atoms with van der Waals surface area (Å²) in [5, 5.41) is 14.3. The summed E-state index contributed by atoms with van der Waals surface area (Å²) >= 11 is 6.20. The van der Waals surface area contributed by atoms with Crippen LogP contribution < -0.4 is 10.1 Å². The van der Waals surface area contributed by atoms with E-state index in [4.69, 9.17) is 25.8 Å². The molecule has 1 aromatic heterocycles. The number of aliphatic hydroxyl groups is 1. The van der Waals surface area contributed by atoms with Gasteiger partial charge in [-0.2, -0.15) is 0 Å². The highest BCUT2D eigenvalue weighted by Crippen LogP contribution is 2.43. The van der Waals surface area contributed by atoms with E-state index in [1.165, 1.54) is 11.9 Å². The number of benzene rings is 1. The molecule has 0 saturated heterocycles. The van der Waals surface area contributed by atoms with Crippen molar-refractivity contribution in [2.45, 2.75) is 83.8 Å². The molecule has 1 aromatic carbocycles. The lowest BCUT2D eigenvalue weighted by Crippen LogP contribution is -2.47. The van der Waals surface area contributed by atoms with Gasteiger partial charge in [-0.15, -0.1) is 0 Å². The van der Waals surface area contributed by atoms with Gasteiger partial charge in [-0.05, 0) is 54.5 Å². The van der Waals surface area contributed by atoms with Crippen molar-refractivity contribution in [1.29, 1.82) is 0 Å². The number of rotatable bonds is 9. The number of halogens is 1. The van der Waals surface area contributed by atoms with Crippen molar-refractivity contribution in [1.82, 2.24) is 9.97 Å². The minimum atomic E-state index is -0.522. The van der Waals surface area contributed by atoms with E-state index in [1.54, 1.807) is 7.11 Å². The van der Waals surface area contributed by atoms with Crippen LogP contribution in [0.4, 0.5) is 5.82 Å². The first-order chi connectivity index (χ1) is 17.4. The van der Waals surface area contributed by atoms with Gasteiger partial charge in [0.1, 0.15) is 18.2 Å². The van der Waals surface area contributed by atoms with E-state index in [-0.39, 0.29) is 42.3 Å². The van der Waals surface area contributed by atoms with Crippen molar-refractivity contribution in [3.63, 3.8) is 0 Å². The van der Waals surface area contributed by atoms with Crippen LogP contribution in [0.5, 0.6) is 5.88 Å². The second-order valence-corrected chi connectivity index (χ2v) is 12.0. The molecule has 0 radical (unpaired) electrons. The van der Waals surface area contributed by atoms with Crippen LogP contribution in [0, 0.1) is 11.3 Å². The summed E-state index contributed by atoms with van der Waals surface area (Å²) in [7, 11) is 1.72. The van der Waals surface area contributed by atoms with Gasteiger partial charge >= 0.3 is 0 Å². The third-order valence-electron chi connectivity index (χ3n) is 8.22. The predicted molar refractivity (Wildman–Crippen MR) is 146 cm³/mol. The quantitative estimate of drug-likeness (QED) is 0.399. The lowest BCUT2D eigenvalue weighted by atomic mass is 9.73. The number of ether oxygens (including phenoxy) is 3. The van der Waals surface area contributed by atoms with Crippen molar-refractivity contribution in [3.8, 4) is 5.88 Å². The van der Waals surface area contributed by atoms with Gasteiger partial charge in [0.15, 0.2) is 0 Å². The monoisotopic (exact) mass is 529 g/mol. The highest BCUT2D eigenvalue weighted by atomic mass is 35.5. The van der Waals surface area contributed by atoms with Crippen LogP contribution in [0.25, 0.3) is 0 Å². The first-order valence-corrected chi connectivity index (χ1v) is 13.3. The fourth-order valence-electron chi connectivity index (χ4n) is 5.48. The number of hydrogen-bond acceptors (Lipinski definition) is 7. The van der Waals surface area contributed by atoms with Crippen molar-refractivity contribution in [3.05, 3.63) is 58.9 Å². The molecule has 202 valence electrons. The van der Waals surface area contributed by atoms with E-state index in [2.05, 4.69) is 49.6 Å². The number of methoxy groups -OCH3 is 1. The summed E-state index contributed by atoms with van der Waals surface area (Å²) in [4.78, 5) is 8.77. The van der Waals surface area contributed by atoms with Gasteiger partial charge in [0.25, 0.3) is 0 Å². The van der Waals surface area contributed by atoms with E-state index in [9.17, 15) is 5.11 Å². The Kier molecular flexibility index (Phi) is 8.19. The average molecular weight is 530 g/mol. The molecule has 7 nitrogen and oxygen atoms in total. The molecule has 37 heavy (non-hydrogen) atoms. The second-order valence-electron chi connectivity index (χ2n) is 11.6. The van der Waals surface area contributed by atoms with Crippen LogP contribution in [0.15, 0.2) is 42.7 Å². The minimum Gasteiger partial charge on any atom is -0.474 e. The van der Waals surface area contributed by atoms with E-state index >= 15 is 0 Å². The fourth-order valence-corrected chi connectivity index (χ4v) is 5.68. The number of aliphatic hydroxyl groups excluding tert-OH is 1. The smallest absolute Gasteiger partial charge is 0.218 e. The molecule has 1 saturated carbocycles. The molecule has 1 fully saturated rings. The van der Waals surface area contributed by atoms with Gasteiger partial charge in [0.2, 0.25) is 5.88 Å². The third kappa shape index (κ3) is 5.80. The van der Waals surface area contributed by atoms with Gasteiger partial charge in [-0.3, -0.25) is 0 Å². The molecule has 1 heterocycles. The molecule has 2 aliphatic carbocycles. The van der Waals surface area contributed by atoms with Crippen molar-refractivity contribution in [2.75, 3.05) is 19.0 Å². The van der Waals surface area contributed by atoms with E-state index < -0.39 is 5.60 Å². The molecule has 8 heteroatoms. The highest BCUT2D eigenvalue weighted by Gasteiger charge is 2.46. The molecule has 0 spiro atoms. The summed E-state index contributed by atoms with van der Waals surface area (Å²) in [6, 6.07) is 7.69. The topological polar surface area (TPSA) is 85.7 Å². The standard InChI is InChI=1S/C29H40ClN3O4/c1-17(2)29(6,28(3,4)5)37-23-13-21(11-19(23)15-34)36-26-14-25(31-16-32-26)33-27-22-9-8-20(30)10-18(22)12-24(27)35-7/h8-10,14,16,19,21,23-24,27,34H,1,11-13,15H2,2-7H3,(H,31,32,33)/t19-,21+,23-,24-,27+,29?/m0/s1. The van der Waals surface area contributed by atoms with Crippen LogP contribution >= 0.6 is 11.6 Å². The first kappa shape index (κ1) is 27.8. The summed E-state index contributed by atoms with van der Waals surface area (Å²) in [5.41, 5.74) is 2.63. The van der Waals surface area contributed by atoms with Crippen LogP contribution in [-0.2, 0) is 15.9 Å². The Morgan fingerprint density at radius 2 is 1.92 bits per heavy atom. The zero-order chi connectivity index (χ0) is 27.0. The molecule has 2 aliphatic rings. The van der Waals surface area contributed by atoms with Crippen LogP contribution in [0.3, 0.4) is 0 Å². The lowest BCUT2D eigenvalue weighted by Gasteiger charge is -2.45. The van der Waals surface area contributed by atoms with E-state index in [0.29, 0.717) is 24.5 Å². The van der Waals surface area contributed by atoms with Gasteiger partial charge < -0.3 is 24.6 Å². The molecule has 1 unspecified atom stereocenters. The molecular weight excluding hydrogens is 490 g/mol. The summed E-state index contributed by atoms with van der Waals surface area (Å²) < 4.78 is 18.7. The predicted octanol–water partition coefficient (Wildman–Crippen LogP) is 5.77. The normalized spacial score (nSPS) is 27.0. The molecule has 0 aliphatic heterocycles. The van der Waals surface area contributed by atoms with Crippen molar-refractivity contribution in [2.24, 2.45) is 11.3 Å². The minimum absolute atomic E-state index is 0.0188.